The number of fused-ring (bicyclic) bond motifs is 1. The van der Waals surface area contributed by atoms with Crippen molar-refractivity contribution in [2.75, 3.05) is 20.3 Å². The molecule has 3 aromatic rings. The Kier molecular flexibility index (Phi) is 5.72. The molecule has 0 spiro atoms. The number of H-pyrrole nitrogens is 1. The molecule has 1 amide bonds. The molecule has 5 nitrogen and oxygen atoms in total. The fraction of sp³-hybridized carbons (Fsp3) is 0.273. The van der Waals surface area contributed by atoms with E-state index in [0.717, 1.165) is 22.0 Å². The summed E-state index contributed by atoms with van der Waals surface area (Å²) in [6.45, 7) is 4.99. The highest BCUT2D eigenvalue weighted by molar-refractivity contribution is 5.94. The minimum Gasteiger partial charge on any atom is -0.383 e. The fourth-order valence-corrected chi connectivity index (χ4v) is 3.08. The molecule has 1 N–H and O–H groups in total. The molecule has 0 aliphatic rings. The van der Waals surface area contributed by atoms with Crippen molar-refractivity contribution in [2.45, 2.75) is 20.4 Å². The molecule has 0 aliphatic carbocycles. The van der Waals surface area contributed by atoms with Gasteiger partial charge in [-0.25, -0.2) is 0 Å². The van der Waals surface area contributed by atoms with Gasteiger partial charge in [-0.1, -0.05) is 35.9 Å². The van der Waals surface area contributed by atoms with Gasteiger partial charge in [0.15, 0.2) is 0 Å². The van der Waals surface area contributed by atoms with Crippen LogP contribution in [0, 0.1) is 13.8 Å². The second kappa shape index (κ2) is 8.18. The van der Waals surface area contributed by atoms with Gasteiger partial charge in [-0.05, 0) is 43.0 Å². The fourth-order valence-electron chi connectivity index (χ4n) is 3.08. The normalized spacial score (nSPS) is 10.9. The molecule has 0 radical (unpaired) electrons. The molecule has 140 valence electrons. The lowest BCUT2D eigenvalue weighted by Gasteiger charge is -2.22. The molecule has 0 aliphatic heterocycles. The minimum absolute atomic E-state index is 0.115. The number of nitrogens with zero attached hydrogens (tertiary/aromatic N) is 1. The zero-order valence-corrected chi connectivity index (χ0v) is 15.9. The molecule has 0 atom stereocenters. The number of para-hydroxylation sites is 1. The molecule has 3 rings (SSSR count). The van der Waals surface area contributed by atoms with Crippen molar-refractivity contribution in [1.82, 2.24) is 9.88 Å². The Morgan fingerprint density at radius 1 is 1.11 bits per heavy atom. The van der Waals surface area contributed by atoms with Crippen molar-refractivity contribution in [1.29, 1.82) is 0 Å². The van der Waals surface area contributed by atoms with Gasteiger partial charge in [0.05, 0.1) is 18.7 Å². The first-order chi connectivity index (χ1) is 13.0. The number of aryl methyl sites for hydroxylation is 2. The number of nitrogens with one attached hydrogen (secondary N) is 1. The maximum atomic E-state index is 13.0. The first kappa shape index (κ1) is 18.9. The summed E-state index contributed by atoms with van der Waals surface area (Å²) in [5.41, 5.74) is 3.93. The lowest BCUT2D eigenvalue weighted by Crippen LogP contribution is -2.35. The molecule has 0 unspecified atom stereocenters. The average molecular weight is 364 g/mol. The number of hydrogen-bond acceptors (Lipinski definition) is 3. The number of aromatic amines is 1. The number of benzene rings is 2. The zero-order chi connectivity index (χ0) is 19.4. The number of amides is 1. The lowest BCUT2D eigenvalue weighted by atomic mass is 10.1. The second-order valence-corrected chi connectivity index (χ2v) is 6.75. The maximum Gasteiger partial charge on any atom is 0.254 e. The number of carbonyl (C=O) groups excluding carboxylic acids is 1. The summed E-state index contributed by atoms with van der Waals surface area (Å²) in [6, 6.07) is 15.2. The van der Waals surface area contributed by atoms with Gasteiger partial charge in [-0.15, -0.1) is 0 Å². The Bertz CT molecular complexity index is 1010. The van der Waals surface area contributed by atoms with E-state index in [1.807, 2.05) is 62.4 Å². The molecule has 0 fully saturated rings. The van der Waals surface area contributed by atoms with Gasteiger partial charge in [0.25, 0.3) is 11.5 Å². The SMILES string of the molecule is COCCN(Cc1cc2cccc(C)c2[nH]c1=O)C(=O)c1ccc(C)cc1. The standard InChI is InChI=1S/C22H24N2O3/c1-15-7-9-17(10-8-15)22(26)24(11-12-27-3)14-19-13-18-6-4-5-16(2)20(18)23-21(19)25/h4-10,13H,11-12,14H2,1-3H3,(H,23,25). The van der Waals surface area contributed by atoms with Crippen LogP contribution in [0.4, 0.5) is 0 Å². The van der Waals surface area contributed by atoms with E-state index >= 15 is 0 Å². The summed E-state index contributed by atoms with van der Waals surface area (Å²) < 4.78 is 5.15. The summed E-state index contributed by atoms with van der Waals surface area (Å²) in [5, 5.41) is 0.957. The minimum atomic E-state index is -0.170. The Hall–Kier alpha value is -2.92. The second-order valence-electron chi connectivity index (χ2n) is 6.75. The van der Waals surface area contributed by atoms with E-state index in [0.29, 0.717) is 24.3 Å². The van der Waals surface area contributed by atoms with Crippen LogP contribution in [0.25, 0.3) is 10.9 Å². The van der Waals surface area contributed by atoms with Crippen LogP contribution in [-0.2, 0) is 11.3 Å². The average Bonchev–Trinajstić information content (AvgIpc) is 2.66. The number of rotatable bonds is 6. The first-order valence-electron chi connectivity index (χ1n) is 8.96. The van der Waals surface area contributed by atoms with Crippen LogP contribution in [0.2, 0.25) is 0 Å². The van der Waals surface area contributed by atoms with E-state index in [1.54, 1.807) is 12.0 Å². The molecule has 0 bridgehead atoms. The Morgan fingerprint density at radius 2 is 1.85 bits per heavy atom. The maximum absolute atomic E-state index is 13.0. The zero-order valence-electron chi connectivity index (χ0n) is 15.9. The monoisotopic (exact) mass is 364 g/mol. The predicted molar refractivity (Wildman–Crippen MR) is 107 cm³/mol. The third-order valence-electron chi connectivity index (χ3n) is 4.68. The Morgan fingerprint density at radius 3 is 2.56 bits per heavy atom. The van der Waals surface area contributed by atoms with E-state index in [2.05, 4.69) is 4.98 Å². The van der Waals surface area contributed by atoms with Gasteiger partial charge in [0.1, 0.15) is 0 Å². The highest BCUT2D eigenvalue weighted by Gasteiger charge is 2.18. The third-order valence-corrected chi connectivity index (χ3v) is 4.68. The highest BCUT2D eigenvalue weighted by atomic mass is 16.5. The van der Waals surface area contributed by atoms with Crippen LogP contribution in [0.15, 0.2) is 53.3 Å². The summed E-state index contributed by atoms with van der Waals surface area (Å²) in [6.07, 6.45) is 0. The van der Waals surface area contributed by atoms with Crippen LogP contribution >= 0.6 is 0 Å². The molecule has 27 heavy (non-hydrogen) atoms. The number of hydrogen-bond donors (Lipinski definition) is 1. The molecule has 1 aromatic heterocycles. The van der Waals surface area contributed by atoms with Crippen molar-refractivity contribution in [3.8, 4) is 0 Å². The van der Waals surface area contributed by atoms with Crippen LogP contribution in [0.1, 0.15) is 27.0 Å². The lowest BCUT2D eigenvalue weighted by molar-refractivity contribution is 0.0680. The smallest absolute Gasteiger partial charge is 0.254 e. The van der Waals surface area contributed by atoms with Crippen LogP contribution in [-0.4, -0.2) is 36.1 Å². The van der Waals surface area contributed by atoms with Gasteiger partial charge in [0.2, 0.25) is 0 Å². The summed E-state index contributed by atoms with van der Waals surface area (Å²) in [4.78, 5) is 30.1. The number of aromatic nitrogens is 1. The van der Waals surface area contributed by atoms with Crippen molar-refractivity contribution in [3.05, 3.63) is 81.1 Å². The molecule has 0 saturated heterocycles. The van der Waals surface area contributed by atoms with Crippen molar-refractivity contribution in [2.24, 2.45) is 0 Å². The Labute approximate surface area is 158 Å². The van der Waals surface area contributed by atoms with Crippen LogP contribution in [0.3, 0.4) is 0 Å². The quantitative estimate of drug-likeness (QED) is 0.729. The van der Waals surface area contributed by atoms with Gasteiger partial charge < -0.3 is 14.6 Å². The molecular formula is C22H24N2O3. The molecule has 2 aromatic carbocycles. The van der Waals surface area contributed by atoms with Gasteiger partial charge in [-0.2, -0.15) is 0 Å². The molecular weight excluding hydrogens is 340 g/mol. The van der Waals surface area contributed by atoms with E-state index < -0.39 is 0 Å². The Balaban J connectivity index is 1.93. The van der Waals surface area contributed by atoms with Gasteiger partial charge in [-0.3, -0.25) is 9.59 Å². The largest absolute Gasteiger partial charge is 0.383 e. The molecule has 5 heteroatoms. The summed E-state index contributed by atoms with van der Waals surface area (Å²) >= 11 is 0. The number of ether oxygens (including phenoxy) is 1. The van der Waals surface area contributed by atoms with E-state index in [4.69, 9.17) is 4.74 Å². The van der Waals surface area contributed by atoms with Crippen LogP contribution < -0.4 is 5.56 Å². The van der Waals surface area contributed by atoms with Gasteiger partial charge >= 0.3 is 0 Å². The highest BCUT2D eigenvalue weighted by Crippen LogP contribution is 2.16. The molecule has 1 heterocycles. The number of carbonyl (C=O) groups is 1. The predicted octanol–water partition coefficient (Wildman–Crippen LogP) is 3.43. The van der Waals surface area contributed by atoms with Crippen LogP contribution in [0.5, 0.6) is 0 Å². The number of methoxy groups -OCH3 is 1. The van der Waals surface area contributed by atoms with E-state index in [9.17, 15) is 9.59 Å². The number of pyridine rings is 1. The van der Waals surface area contributed by atoms with Crippen molar-refractivity contribution < 1.29 is 9.53 Å². The topological polar surface area (TPSA) is 62.4 Å². The third kappa shape index (κ3) is 4.26. The first-order valence-corrected chi connectivity index (χ1v) is 8.96. The van der Waals surface area contributed by atoms with Crippen molar-refractivity contribution >= 4 is 16.8 Å². The van der Waals surface area contributed by atoms with Crippen molar-refractivity contribution in [3.63, 3.8) is 0 Å². The summed E-state index contributed by atoms with van der Waals surface area (Å²) in [5.74, 6) is -0.115. The van der Waals surface area contributed by atoms with E-state index in [1.165, 1.54) is 0 Å². The summed E-state index contributed by atoms with van der Waals surface area (Å²) in [7, 11) is 1.60. The van der Waals surface area contributed by atoms with Gasteiger partial charge in [0, 0.05) is 24.8 Å². The molecule has 0 saturated carbocycles. The van der Waals surface area contributed by atoms with E-state index in [-0.39, 0.29) is 18.0 Å².